The van der Waals surface area contributed by atoms with Gasteiger partial charge in [-0.15, -0.1) is 12.4 Å². The summed E-state index contributed by atoms with van der Waals surface area (Å²) in [7, 11) is -3.23. The molecule has 0 spiro atoms. The van der Waals surface area contributed by atoms with E-state index in [2.05, 4.69) is 0 Å². The standard InChI is InChI=1S/C12H22N2O3S.ClH/c1-2-5-18(16,17)8-12(15)14-6-9-3-4-11(13)10(9)7-14;/h9-11H,2-8,13H2,1H3;1H. The lowest BCUT2D eigenvalue weighted by Crippen LogP contribution is -2.37. The van der Waals surface area contributed by atoms with Crippen LogP contribution in [0.5, 0.6) is 0 Å². The number of sulfone groups is 1. The Morgan fingerprint density at radius 1 is 1.32 bits per heavy atom. The molecule has 1 heterocycles. The van der Waals surface area contributed by atoms with Gasteiger partial charge >= 0.3 is 0 Å². The van der Waals surface area contributed by atoms with Crippen LogP contribution < -0.4 is 5.73 Å². The van der Waals surface area contributed by atoms with Crippen LogP contribution in [0.4, 0.5) is 0 Å². The van der Waals surface area contributed by atoms with Crippen molar-refractivity contribution >= 4 is 28.2 Å². The summed E-state index contributed by atoms with van der Waals surface area (Å²) in [5.74, 6) is 0.375. The van der Waals surface area contributed by atoms with Crippen LogP contribution in [0.25, 0.3) is 0 Å². The fraction of sp³-hybridized carbons (Fsp3) is 0.917. The van der Waals surface area contributed by atoms with Gasteiger partial charge in [-0.1, -0.05) is 6.92 Å². The Labute approximate surface area is 121 Å². The fourth-order valence-electron chi connectivity index (χ4n) is 3.17. The Bertz CT molecular complexity index is 427. The normalized spacial score (nSPS) is 30.0. The van der Waals surface area contributed by atoms with E-state index in [0.717, 1.165) is 12.8 Å². The van der Waals surface area contributed by atoms with Crippen molar-refractivity contribution in [3.8, 4) is 0 Å². The molecule has 0 aromatic carbocycles. The summed E-state index contributed by atoms with van der Waals surface area (Å²) in [6.07, 6.45) is 2.66. The number of carbonyl (C=O) groups is 1. The first-order valence-electron chi connectivity index (χ1n) is 6.66. The van der Waals surface area contributed by atoms with E-state index in [9.17, 15) is 13.2 Å². The van der Waals surface area contributed by atoms with Crippen LogP contribution in [-0.4, -0.2) is 49.9 Å². The van der Waals surface area contributed by atoms with E-state index in [0.29, 0.717) is 31.3 Å². The van der Waals surface area contributed by atoms with Crippen LogP contribution >= 0.6 is 12.4 Å². The highest BCUT2D eigenvalue weighted by atomic mass is 35.5. The van der Waals surface area contributed by atoms with Crippen molar-refractivity contribution in [1.82, 2.24) is 4.90 Å². The minimum Gasteiger partial charge on any atom is -0.341 e. The molecule has 1 saturated heterocycles. The van der Waals surface area contributed by atoms with E-state index in [4.69, 9.17) is 5.73 Å². The minimum atomic E-state index is -3.23. The summed E-state index contributed by atoms with van der Waals surface area (Å²) in [5, 5.41) is 0. The van der Waals surface area contributed by atoms with Crippen molar-refractivity contribution in [3.05, 3.63) is 0 Å². The van der Waals surface area contributed by atoms with Gasteiger partial charge in [-0.2, -0.15) is 0 Å². The van der Waals surface area contributed by atoms with Gasteiger partial charge in [0.2, 0.25) is 5.91 Å². The summed E-state index contributed by atoms with van der Waals surface area (Å²) in [4.78, 5) is 13.7. The van der Waals surface area contributed by atoms with Gasteiger partial charge in [0.25, 0.3) is 0 Å². The third-order valence-electron chi connectivity index (χ3n) is 4.12. The second-order valence-corrected chi connectivity index (χ2v) is 7.74. The second kappa shape index (κ2) is 6.41. The average molecular weight is 311 g/mol. The maximum Gasteiger partial charge on any atom is 0.237 e. The van der Waals surface area contributed by atoms with Gasteiger partial charge in [0.05, 0.1) is 5.75 Å². The minimum absolute atomic E-state index is 0. The highest BCUT2D eigenvalue weighted by Gasteiger charge is 2.42. The molecule has 3 atom stereocenters. The molecule has 1 saturated carbocycles. The quantitative estimate of drug-likeness (QED) is 0.816. The molecule has 2 fully saturated rings. The summed E-state index contributed by atoms with van der Waals surface area (Å²) in [6, 6.07) is 0.181. The zero-order valence-corrected chi connectivity index (χ0v) is 12.9. The molecule has 0 aromatic rings. The molecule has 2 rings (SSSR count). The van der Waals surface area contributed by atoms with Gasteiger partial charge in [-0.25, -0.2) is 8.42 Å². The van der Waals surface area contributed by atoms with Crippen LogP contribution in [0.1, 0.15) is 26.2 Å². The number of carbonyl (C=O) groups excluding carboxylic acids is 1. The molecule has 1 amide bonds. The molecule has 112 valence electrons. The molecular weight excluding hydrogens is 288 g/mol. The zero-order valence-electron chi connectivity index (χ0n) is 11.2. The number of rotatable bonds is 4. The van der Waals surface area contributed by atoms with Gasteiger partial charge in [0.1, 0.15) is 5.75 Å². The Hall–Kier alpha value is -0.330. The summed E-state index contributed by atoms with van der Waals surface area (Å²) in [5.41, 5.74) is 6.00. The predicted octanol–water partition coefficient (Wildman–Crippen LogP) is 0.429. The first-order chi connectivity index (χ1) is 8.43. The lowest BCUT2D eigenvalue weighted by atomic mass is 9.98. The molecular formula is C12H23ClN2O3S. The molecule has 19 heavy (non-hydrogen) atoms. The van der Waals surface area contributed by atoms with Crippen LogP contribution in [0.15, 0.2) is 0 Å². The molecule has 1 aliphatic heterocycles. The number of hydrogen-bond acceptors (Lipinski definition) is 4. The predicted molar refractivity (Wildman–Crippen MR) is 77.0 cm³/mol. The number of amides is 1. The zero-order chi connectivity index (χ0) is 13.3. The first kappa shape index (κ1) is 16.7. The van der Waals surface area contributed by atoms with E-state index >= 15 is 0 Å². The van der Waals surface area contributed by atoms with E-state index < -0.39 is 9.84 Å². The van der Waals surface area contributed by atoms with Crippen molar-refractivity contribution < 1.29 is 13.2 Å². The van der Waals surface area contributed by atoms with Gasteiger partial charge in [0, 0.05) is 19.1 Å². The largest absolute Gasteiger partial charge is 0.341 e. The molecule has 0 bridgehead atoms. The number of nitrogens with zero attached hydrogens (tertiary/aromatic N) is 1. The Morgan fingerprint density at radius 3 is 2.58 bits per heavy atom. The lowest BCUT2D eigenvalue weighted by molar-refractivity contribution is -0.127. The van der Waals surface area contributed by atoms with Crippen molar-refractivity contribution in [3.63, 3.8) is 0 Å². The molecule has 5 nitrogen and oxygen atoms in total. The average Bonchev–Trinajstić information content (AvgIpc) is 2.80. The molecule has 0 radical (unpaired) electrons. The maximum atomic E-state index is 12.0. The summed E-state index contributed by atoms with van der Waals surface area (Å²) < 4.78 is 23.3. The van der Waals surface area contributed by atoms with E-state index in [1.165, 1.54) is 0 Å². The summed E-state index contributed by atoms with van der Waals surface area (Å²) >= 11 is 0. The van der Waals surface area contributed by atoms with Crippen LogP contribution in [0.3, 0.4) is 0 Å². The molecule has 2 aliphatic rings. The number of halogens is 1. The molecule has 1 aliphatic carbocycles. The third kappa shape index (κ3) is 3.83. The number of likely N-dealkylation sites (tertiary alicyclic amines) is 1. The number of nitrogens with two attached hydrogens (primary N) is 1. The lowest BCUT2D eigenvalue weighted by Gasteiger charge is -2.18. The van der Waals surface area contributed by atoms with Gasteiger partial charge in [-0.05, 0) is 31.1 Å². The smallest absolute Gasteiger partial charge is 0.237 e. The second-order valence-electron chi connectivity index (χ2n) is 5.56. The molecule has 3 unspecified atom stereocenters. The molecule has 2 N–H and O–H groups in total. The van der Waals surface area contributed by atoms with Crippen molar-refractivity contribution in [2.45, 2.75) is 32.2 Å². The number of hydrogen-bond donors (Lipinski definition) is 1. The van der Waals surface area contributed by atoms with E-state index in [-0.39, 0.29) is 35.9 Å². The van der Waals surface area contributed by atoms with E-state index in [1.807, 2.05) is 0 Å². The topological polar surface area (TPSA) is 80.5 Å². The van der Waals surface area contributed by atoms with Crippen molar-refractivity contribution in [1.29, 1.82) is 0 Å². The monoisotopic (exact) mass is 310 g/mol. The SMILES string of the molecule is CCCS(=O)(=O)CC(=O)N1CC2CCC(N)C2C1.Cl. The van der Waals surface area contributed by atoms with Crippen LogP contribution in [-0.2, 0) is 14.6 Å². The molecule has 7 heteroatoms. The fourth-order valence-corrected chi connectivity index (χ4v) is 4.50. The highest BCUT2D eigenvalue weighted by Crippen LogP contribution is 2.37. The van der Waals surface area contributed by atoms with Crippen LogP contribution in [0.2, 0.25) is 0 Å². The Balaban J connectivity index is 0.00000180. The summed E-state index contributed by atoms with van der Waals surface area (Å²) in [6.45, 7) is 3.15. The van der Waals surface area contributed by atoms with Crippen LogP contribution in [0, 0.1) is 11.8 Å². The van der Waals surface area contributed by atoms with Gasteiger partial charge in [-0.3, -0.25) is 4.79 Å². The molecule has 0 aromatic heterocycles. The Kier molecular flexibility index (Phi) is 5.65. The highest BCUT2D eigenvalue weighted by molar-refractivity contribution is 7.92. The maximum absolute atomic E-state index is 12.0. The van der Waals surface area contributed by atoms with Crippen molar-refractivity contribution in [2.75, 3.05) is 24.6 Å². The number of fused-ring (bicyclic) bond motifs is 1. The van der Waals surface area contributed by atoms with Crippen molar-refractivity contribution in [2.24, 2.45) is 17.6 Å². The van der Waals surface area contributed by atoms with E-state index in [1.54, 1.807) is 11.8 Å². The van der Waals surface area contributed by atoms with Gasteiger partial charge < -0.3 is 10.6 Å². The van der Waals surface area contributed by atoms with Gasteiger partial charge in [0.15, 0.2) is 9.84 Å². The third-order valence-corrected chi connectivity index (χ3v) is 5.84. The first-order valence-corrected chi connectivity index (χ1v) is 8.49. The Morgan fingerprint density at radius 2 is 2.00 bits per heavy atom.